The SMILES string of the molecule is CCCCOc1ccc(C(F)(F)CO)cc1. The van der Waals surface area contributed by atoms with Crippen LogP contribution in [0, 0.1) is 0 Å². The Balaban J connectivity index is 2.61. The summed E-state index contributed by atoms with van der Waals surface area (Å²) in [6, 6.07) is 5.54. The monoisotopic (exact) mass is 230 g/mol. The van der Waals surface area contributed by atoms with E-state index >= 15 is 0 Å². The van der Waals surface area contributed by atoms with Crippen LogP contribution in [0.1, 0.15) is 25.3 Å². The lowest BCUT2D eigenvalue weighted by Gasteiger charge is -2.14. The molecule has 16 heavy (non-hydrogen) atoms. The van der Waals surface area contributed by atoms with E-state index in [1.165, 1.54) is 24.3 Å². The molecular weight excluding hydrogens is 214 g/mol. The van der Waals surface area contributed by atoms with Gasteiger partial charge in [0.15, 0.2) is 0 Å². The van der Waals surface area contributed by atoms with Gasteiger partial charge in [0, 0.05) is 5.56 Å². The van der Waals surface area contributed by atoms with Crippen molar-refractivity contribution in [2.24, 2.45) is 0 Å². The Hall–Kier alpha value is -1.16. The number of hydrogen-bond acceptors (Lipinski definition) is 2. The van der Waals surface area contributed by atoms with Gasteiger partial charge in [0.1, 0.15) is 12.4 Å². The number of aliphatic hydroxyl groups excluding tert-OH is 1. The van der Waals surface area contributed by atoms with Gasteiger partial charge in [-0.3, -0.25) is 0 Å². The maximum Gasteiger partial charge on any atom is 0.295 e. The van der Waals surface area contributed by atoms with Crippen LogP contribution in [0.5, 0.6) is 5.75 Å². The third-order valence-corrected chi connectivity index (χ3v) is 2.24. The first kappa shape index (κ1) is 12.9. The maximum atomic E-state index is 13.0. The van der Waals surface area contributed by atoms with E-state index in [-0.39, 0.29) is 5.56 Å². The van der Waals surface area contributed by atoms with E-state index in [1.807, 2.05) is 6.92 Å². The number of halogens is 2. The van der Waals surface area contributed by atoms with Crippen LogP contribution in [0.4, 0.5) is 8.78 Å². The summed E-state index contributed by atoms with van der Waals surface area (Å²) in [7, 11) is 0. The van der Waals surface area contributed by atoms with Crippen LogP contribution in [-0.4, -0.2) is 18.3 Å². The highest BCUT2D eigenvalue weighted by molar-refractivity contribution is 5.29. The zero-order chi connectivity index (χ0) is 12.0. The van der Waals surface area contributed by atoms with Crippen molar-refractivity contribution in [1.82, 2.24) is 0 Å². The molecule has 90 valence electrons. The van der Waals surface area contributed by atoms with Gasteiger partial charge in [-0.25, -0.2) is 0 Å². The maximum absolute atomic E-state index is 13.0. The molecule has 0 aromatic heterocycles. The predicted molar refractivity (Wildman–Crippen MR) is 57.8 cm³/mol. The summed E-state index contributed by atoms with van der Waals surface area (Å²) in [5.41, 5.74) is -0.196. The molecule has 0 aliphatic carbocycles. The van der Waals surface area contributed by atoms with E-state index in [0.717, 1.165) is 12.8 Å². The van der Waals surface area contributed by atoms with Gasteiger partial charge in [-0.2, -0.15) is 8.78 Å². The number of benzene rings is 1. The molecule has 2 nitrogen and oxygen atoms in total. The second-order valence-electron chi connectivity index (χ2n) is 3.59. The summed E-state index contributed by atoms with van der Waals surface area (Å²) in [4.78, 5) is 0. The first-order valence-electron chi connectivity index (χ1n) is 5.32. The van der Waals surface area contributed by atoms with Gasteiger partial charge in [-0.1, -0.05) is 13.3 Å². The van der Waals surface area contributed by atoms with Crippen LogP contribution >= 0.6 is 0 Å². The van der Waals surface area contributed by atoms with E-state index < -0.39 is 12.5 Å². The molecule has 0 fully saturated rings. The third-order valence-electron chi connectivity index (χ3n) is 2.24. The average molecular weight is 230 g/mol. The Bertz CT molecular complexity index is 309. The lowest BCUT2D eigenvalue weighted by molar-refractivity contribution is -0.0556. The molecule has 0 saturated carbocycles. The zero-order valence-electron chi connectivity index (χ0n) is 9.25. The smallest absolute Gasteiger partial charge is 0.295 e. The van der Waals surface area contributed by atoms with E-state index in [2.05, 4.69) is 0 Å². The minimum absolute atomic E-state index is 0.196. The molecule has 0 atom stereocenters. The largest absolute Gasteiger partial charge is 0.494 e. The van der Waals surface area contributed by atoms with Crippen molar-refractivity contribution in [2.75, 3.05) is 13.2 Å². The Morgan fingerprint density at radius 1 is 1.25 bits per heavy atom. The first-order valence-corrected chi connectivity index (χ1v) is 5.32. The quantitative estimate of drug-likeness (QED) is 0.761. The lowest BCUT2D eigenvalue weighted by atomic mass is 10.1. The van der Waals surface area contributed by atoms with Crippen LogP contribution in [0.15, 0.2) is 24.3 Å². The molecular formula is C12H16F2O2. The van der Waals surface area contributed by atoms with Crippen LogP contribution in [0.25, 0.3) is 0 Å². The summed E-state index contributed by atoms with van der Waals surface area (Å²) in [5.74, 6) is -2.60. The molecule has 0 amide bonds. The number of ether oxygens (including phenoxy) is 1. The zero-order valence-corrected chi connectivity index (χ0v) is 9.25. The predicted octanol–water partition coefficient (Wildman–Crippen LogP) is 2.95. The second-order valence-corrected chi connectivity index (χ2v) is 3.59. The van der Waals surface area contributed by atoms with Gasteiger partial charge in [-0.15, -0.1) is 0 Å². The fraction of sp³-hybridized carbons (Fsp3) is 0.500. The molecule has 0 unspecified atom stereocenters. The topological polar surface area (TPSA) is 29.5 Å². The van der Waals surface area contributed by atoms with Crippen molar-refractivity contribution in [1.29, 1.82) is 0 Å². The molecule has 0 saturated heterocycles. The highest BCUT2D eigenvalue weighted by atomic mass is 19.3. The summed E-state index contributed by atoms with van der Waals surface area (Å²) in [6.45, 7) is 1.46. The molecule has 0 aliphatic rings. The standard InChI is InChI=1S/C12H16F2O2/c1-2-3-8-16-11-6-4-10(5-7-11)12(13,14)9-15/h4-7,15H,2-3,8-9H2,1H3. The molecule has 0 spiro atoms. The second kappa shape index (κ2) is 5.80. The van der Waals surface area contributed by atoms with Gasteiger partial charge in [-0.05, 0) is 30.7 Å². The Morgan fingerprint density at radius 3 is 2.38 bits per heavy atom. The van der Waals surface area contributed by atoms with Crippen molar-refractivity contribution < 1.29 is 18.6 Å². The van der Waals surface area contributed by atoms with Gasteiger partial charge < -0.3 is 9.84 Å². The molecule has 1 rings (SSSR count). The fourth-order valence-corrected chi connectivity index (χ4v) is 1.22. The van der Waals surface area contributed by atoms with Gasteiger partial charge in [0.05, 0.1) is 6.61 Å². The summed E-state index contributed by atoms with van der Waals surface area (Å²) in [6.07, 6.45) is 1.97. The number of alkyl halides is 2. The normalized spacial score (nSPS) is 11.5. The summed E-state index contributed by atoms with van der Waals surface area (Å²) >= 11 is 0. The molecule has 4 heteroatoms. The van der Waals surface area contributed by atoms with Crippen LogP contribution in [-0.2, 0) is 5.92 Å². The fourth-order valence-electron chi connectivity index (χ4n) is 1.22. The third kappa shape index (κ3) is 3.45. The summed E-state index contributed by atoms with van der Waals surface area (Å²) in [5, 5.41) is 8.51. The van der Waals surface area contributed by atoms with E-state index in [1.54, 1.807) is 0 Å². The van der Waals surface area contributed by atoms with E-state index in [0.29, 0.717) is 12.4 Å². The van der Waals surface area contributed by atoms with Crippen LogP contribution < -0.4 is 4.74 Å². The highest BCUT2D eigenvalue weighted by Gasteiger charge is 2.30. The number of rotatable bonds is 6. The molecule has 1 N–H and O–H groups in total. The van der Waals surface area contributed by atoms with Crippen LogP contribution in [0.2, 0.25) is 0 Å². The Kier molecular flexibility index (Phi) is 4.68. The van der Waals surface area contributed by atoms with Gasteiger partial charge in [0.25, 0.3) is 5.92 Å². The lowest BCUT2D eigenvalue weighted by Crippen LogP contribution is -2.18. The first-order chi connectivity index (χ1) is 7.60. The molecule has 0 bridgehead atoms. The molecule has 1 aromatic carbocycles. The minimum Gasteiger partial charge on any atom is -0.494 e. The van der Waals surface area contributed by atoms with E-state index in [4.69, 9.17) is 9.84 Å². The highest BCUT2D eigenvalue weighted by Crippen LogP contribution is 2.28. The van der Waals surface area contributed by atoms with Crippen molar-refractivity contribution in [3.8, 4) is 5.75 Å². The Morgan fingerprint density at radius 2 is 1.88 bits per heavy atom. The minimum atomic E-state index is -3.18. The van der Waals surface area contributed by atoms with Crippen molar-refractivity contribution >= 4 is 0 Å². The Labute approximate surface area is 93.9 Å². The number of aliphatic hydroxyl groups is 1. The van der Waals surface area contributed by atoms with Crippen LogP contribution in [0.3, 0.4) is 0 Å². The molecule has 1 aromatic rings. The molecule has 0 heterocycles. The van der Waals surface area contributed by atoms with Gasteiger partial charge in [0.2, 0.25) is 0 Å². The number of hydrogen-bond donors (Lipinski definition) is 1. The molecule has 0 radical (unpaired) electrons. The average Bonchev–Trinajstić information content (AvgIpc) is 2.30. The van der Waals surface area contributed by atoms with Crippen molar-refractivity contribution in [3.05, 3.63) is 29.8 Å². The van der Waals surface area contributed by atoms with Gasteiger partial charge >= 0.3 is 0 Å². The molecule has 0 aliphatic heterocycles. The van der Waals surface area contributed by atoms with Crippen molar-refractivity contribution in [3.63, 3.8) is 0 Å². The summed E-state index contributed by atoms with van der Waals surface area (Å²) < 4.78 is 31.4. The van der Waals surface area contributed by atoms with E-state index in [9.17, 15) is 8.78 Å². The van der Waals surface area contributed by atoms with Crippen molar-refractivity contribution in [2.45, 2.75) is 25.7 Å². The number of unbranched alkanes of at least 4 members (excludes halogenated alkanes) is 1.